The lowest BCUT2D eigenvalue weighted by Gasteiger charge is -2.11. The number of nitrogens with one attached hydrogen (secondary N) is 1. The number of benzene rings is 1. The van der Waals surface area contributed by atoms with Gasteiger partial charge in [-0.15, -0.1) is 11.8 Å². The van der Waals surface area contributed by atoms with Gasteiger partial charge in [0.15, 0.2) is 0 Å². The first-order valence-corrected chi connectivity index (χ1v) is 6.82. The first-order chi connectivity index (χ1) is 8.85. The van der Waals surface area contributed by atoms with Crippen molar-refractivity contribution in [2.24, 2.45) is 0 Å². The molecule has 0 spiro atoms. The van der Waals surface area contributed by atoms with Gasteiger partial charge in [-0.1, -0.05) is 12.1 Å². The summed E-state index contributed by atoms with van der Waals surface area (Å²) in [6.45, 7) is 0.678. The number of nitrogens with zero attached hydrogens (tertiary/aromatic N) is 2. The van der Waals surface area contributed by atoms with Gasteiger partial charge in [0.1, 0.15) is 12.1 Å². The Kier molecular flexibility index (Phi) is 4.55. The van der Waals surface area contributed by atoms with Crippen LogP contribution in [0.15, 0.2) is 41.7 Å². The van der Waals surface area contributed by atoms with Gasteiger partial charge < -0.3 is 10.1 Å². The molecule has 1 heterocycles. The number of hydrogen-bond donors (Lipinski definition) is 1. The second-order valence-corrected chi connectivity index (χ2v) is 4.48. The topological polar surface area (TPSA) is 47.0 Å². The summed E-state index contributed by atoms with van der Waals surface area (Å²) in [5.41, 5.74) is 0.941. The standard InChI is InChI=1S/C13H15N3OS/c1-14-7-10-8-15-9-16-13(10)17-11-5-3-4-6-12(11)18-2/h3-6,8-9,14H,7H2,1-2H3. The number of para-hydroxylation sites is 1. The summed E-state index contributed by atoms with van der Waals surface area (Å²) >= 11 is 1.65. The smallest absolute Gasteiger partial charge is 0.226 e. The van der Waals surface area contributed by atoms with Crippen molar-refractivity contribution in [3.8, 4) is 11.6 Å². The zero-order chi connectivity index (χ0) is 12.8. The average molecular weight is 261 g/mol. The Morgan fingerprint density at radius 3 is 2.94 bits per heavy atom. The summed E-state index contributed by atoms with van der Waals surface area (Å²) in [6.07, 6.45) is 5.29. The van der Waals surface area contributed by atoms with Crippen molar-refractivity contribution in [3.05, 3.63) is 42.4 Å². The first-order valence-electron chi connectivity index (χ1n) is 5.59. The highest BCUT2D eigenvalue weighted by atomic mass is 32.2. The van der Waals surface area contributed by atoms with E-state index in [1.54, 1.807) is 18.0 Å². The van der Waals surface area contributed by atoms with Crippen LogP contribution in [0, 0.1) is 0 Å². The monoisotopic (exact) mass is 261 g/mol. The lowest BCUT2D eigenvalue weighted by atomic mass is 10.3. The molecule has 0 saturated carbocycles. The largest absolute Gasteiger partial charge is 0.437 e. The van der Waals surface area contributed by atoms with Gasteiger partial charge in [-0.05, 0) is 25.4 Å². The lowest BCUT2D eigenvalue weighted by Crippen LogP contribution is -2.07. The molecular weight excluding hydrogens is 246 g/mol. The molecule has 0 aliphatic carbocycles. The summed E-state index contributed by atoms with van der Waals surface area (Å²) < 4.78 is 5.87. The van der Waals surface area contributed by atoms with Crippen molar-refractivity contribution in [1.82, 2.24) is 15.3 Å². The van der Waals surface area contributed by atoms with Gasteiger partial charge in [0.05, 0.1) is 0 Å². The minimum atomic E-state index is 0.598. The molecule has 0 amide bonds. The first kappa shape index (κ1) is 12.9. The molecule has 0 bridgehead atoms. The quantitative estimate of drug-likeness (QED) is 0.839. The SMILES string of the molecule is CNCc1cncnc1Oc1ccccc1SC. The highest BCUT2D eigenvalue weighted by Crippen LogP contribution is 2.31. The normalized spacial score (nSPS) is 10.3. The van der Waals surface area contributed by atoms with Gasteiger partial charge in [0, 0.05) is 23.2 Å². The molecule has 0 aliphatic rings. The van der Waals surface area contributed by atoms with Crippen LogP contribution < -0.4 is 10.1 Å². The van der Waals surface area contributed by atoms with Crippen LogP contribution in [0.1, 0.15) is 5.56 Å². The van der Waals surface area contributed by atoms with Crippen LogP contribution in [0.25, 0.3) is 0 Å². The van der Waals surface area contributed by atoms with Crippen molar-refractivity contribution in [3.63, 3.8) is 0 Å². The van der Waals surface area contributed by atoms with Gasteiger partial charge in [0.2, 0.25) is 5.88 Å². The number of aromatic nitrogens is 2. The summed E-state index contributed by atoms with van der Waals surface area (Å²) in [6, 6.07) is 7.91. The average Bonchev–Trinajstić information content (AvgIpc) is 2.42. The van der Waals surface area contributed by atoms with E-state index in [1.165, 1.54) is 6.33 Å². The van der Waals surface area contributed by atoms with Gasteiger partial charge in [0.25, 0.3) is 0 Å². The molecule has 18 heavy (non-hydrogen) atoms. The molecule has 0 fully saturated rings. The van der Waals surface area contributed by atoms with Crippen molar-refractivity contribution < 1.29 is 4.74 Å². The Morgan fingerprint density at radius 1 is 1.33 bits per heavy atom. The van der Waals surface area contributed by atoms with E-state index < -0.39 is 0 Å². The number of thioether (sulfide) groups is 1. The van der Waals surface area contributed by atoms with E-state index in [2.05, 4.69) is 15.3 Å². The third kappa shape index (κ3) is 3.00. The maximum absolute atomic E-state index is 5.87. The van der Waals surface area contributed by atoms with E-state index in [0.717, 1.165) is 16.2 Å². The van der Waals surface area contributed by atoms with E-state index >= 15 is 0 Å². The van der Waals surface area contributed by atoms with E-state index in [1.807, 2.05) is 37.6 Å². The molecule has 0 saturated heterocycles. The molecule has 2 aromatic rings. The van der Waals surface area contributed by atoms with Crippen molar-refractivity contribution >= 4 is 11.8 Å². The minimum absolute atomic E-state index is 0.598. The fourth-order valence-electron chi connectivity index (χ4n) is 1.56. The molecule has 0 radical (unpaired) electrons. The fraction of sp³-hybridized carbons (Fsp3) is 0.231. The van der Waals surface area contributed by atoms with Crippen LogP contribution in [0.3, 0.4) is 0 Å². The van der Waals surface area contributed by atoms with Crippen molar-refractivity contribution in [1.29, 1.82) is 0 Å². The molecule has 4 nitrogen and oxygen atoms in total. The molecular formula is C13H15N3OS. The van der Waals surface area contributed by atoms with E-state index in [4.69, 9.17) is 4.74 Å². The third-order valence-corrected chi connectivity index (χ3v) is 3.17. The summed E-state index contributed by atoms with van der Waals surface area (Å²) in [4.78, 5) is 9.29. The molecule has 0 atom stereocenters. The second-order valence-electron chi connectivity index (χ2n) is 3.64. The van der Waals surface area contributed by atoms with Gasteiger partial charge in [-0.3, -0.25) is 0 Å². The van der Waals surface area contributed by atoms with Crippen LogP contribution in [0.2, 0.25) is 0 Å². The second kappa shape index (κ2) is 6.37. The summed E-state index contributed by atoms with van der Waals surface area (Å²) in [7, 11) is 1.88. The fourth-order valence-corrected chi connectivity index (χ4v) is 2.08. The number of hydrogen-bond acceptors (Lipinski definition) is 5. The van der Waals surface area contributed by atoms with Gasteiger partial charge >= 0.3 is 0 Å². The van der Waals surface area contributed by atoms with Crippen LogP contribution >= 0.6 is 11.8 Å². The zero-order valence-corrected chi connectivity index (χ0v) is 11.2. The Bertz CT molecular complexity index is 519. The number of ether oxygens (including phenoxy) is 1. The molecule has 1 aromatic heterocycles. The Balaban J connectivity index is 2.28. The zero-order valence-electron chi connectivity index (χ0n) is 10.4. The highest BCUT2D eigenvalue weighted by molar-refractivity contribution is 7.98. The maximum atomic E-state index is 5.87. The lowest BCUT2D eigenvalue weighted by molar-refractivity contribution is 0.442. The Labute approximate surface area is 111 Å². The molecule has 0 unspecified atom stereocenters. The van der Waals surface area contributed by atoms with Gasteiger partial charge in [-0.25, -0.2) is 9.97 Å². The van der Waals surface area contributed by atoms with Crippen molar-refractivity contribution in [2.45, 2.75) is 11.4 Å². The van der Waals surface area contributed by atoms with Crippen LogP contribution in [-0.2, 0) is 6.54 Å². The maximum Gasteiger partial charge on any atom is 0.226 e. The van der Waals surface area contributed by atoms with Crippen molar-refractivity contribution in [2.75, 3.05) is 13.3 Å². The highest BCUT2D eigenvalue weighted by Gasteiger charge is 2.08. The Hall–Kier alpha value is -1.59. The third-order valence-electron chi connectivity index (χ3n) is 2.39. The van der Waals surface area contributed by atoms with E-state index in [9.17, 15) is 0 Å². The molecule has 1 N–H and O–H groups in total. The van der Waals surface area contributed by atoms with Crippen LogP contribution in [-0.4, -0.2) is 23.3 Å². The predicted molar refractivity (Wildman–Crippen MR) is 73.1 cm³/mol. The minimum Gasteiger partial charge on any atom is -0.437 e. The number of rotatable bonds is 5. The molecule has 1 aromatic carbocycles. The van der Waals surface area contributed by atoms with E-state index in [0.29, 0.717) is 12.4 Å². The van der Waals surface area contributed by atoms with Gasteiger partial charge in [-0.2, -0.15) is 0 Å². The summed E-state index contributed by atoms with van der Waals surface area (Å²) in [5.74, 6) is 1.42. The molecule has 5 heteroatoms. The summed E-state index contributed by atoms with van der Waals surface area (Å²) in [5, 5.41) is 3.07. The van der Waals surface area contributed by atoms with Crippen LogP contribution in [0.5, 0.6) is 11.6 Å². The van der Waals surface area contributed by atoms with Crippen LogP contribution in [0.4, 0.5) is 0 Å². The molecule has 94 valence electrons. The van der Waals surface area contributed by atoms with E-state index in [-0.39, 0.29) is 0 Å². The molecule has 2 rings (SSSR count). The Morgan fingerprint density at radius 2 is 2.17 bits per heavy atom. The molecule has 0 aliphatic heterocycles. The predicted octanol–water partition coefficient (Wildman–Crippen LogP) is 2.71.